The van der Waals surface area contributed by atoms with Crippen molar-refractivity contribution in [2.45, 2.75) is 38.1 Å². The maximum absolute atomic E-state index is 3.87. The fraction of sp³-hybridized carbons (Fsp3) is 0.833. The highest BCUT2D eigenvalue weighted by Crippen LogP contribution is 2.46. The smallest absolute Gasteiger partial charge is 0.0184 e. The van der Waals surface area contributed by atoms with Crippen LogP contribution in [0.15, 0.2) is 12.7 Å². The highest BCUT2D eigenvalue weighted by Gasteiger charge is 2.25. The quantitative estimate of drug-likeness (QED) is 0.650. The highest BCUT2D eigenvalue weighted by atomic mass is 32.3. The topological polar surface area (TPSA) is 3.24 Å². The van der Waals surface area contributed by atoms with Crippen LogP contribution >= 0.6 is 10.2 Å². The zero-order chi connectivity index (χ0) is 10.6. The second-order valence-electron chi connectivity index (χ2n) is 4.77. The van der Waals surface area contributed by atoms with Gasteiger partial charge in [0.25, 0.3) is 0 Å². The zero-order valence-electron chi connectivity index (χ0n) is 9.96. The van der Waals surface area contributed by atoms with Crippen molar-refractivity contribution >= 4 is 10.2 Å². The Morgan fingerprint density at radius 1 is 1.29 bits per heavy atom. The number of hydrogen-bond acceptors (Lipinski definition) is 1. The summed E-state index contributed by atoms with van der Waals surface area (Å²) < 4.78 is 2.65. The molecule has 1 aliphatic rings. The molecule has 14 heavy (non-hydrogen) atoms. The summed E-state index contributed by atoms with van der Waals surface area (Å²) in [5.74, 6) is 1.17. The summed E-state index contributed by atoms with van der Waals surface area (Å²) in [6, 6.07) is 0.841. The fourth-order valence-electron chi connectivity index (χ4n) is 2.25. The molecule has 0 amide bonds. The van der Waals surface area contributed by atoms with Gasteiger partial charge in [0, 0.05) is 11.8 Å². The van der Waals surface area contributed by atoms with E-state index in [2.05, 4.69) is 36.5 Å². The van der Waals surface area contributed by atoms with Gasteiger partial charge in [0.2, 0.25) is 0 Å². The van der Waals surface area contributed by atoms with Gasteiger partial charge in [0.1, 0.15) is 0 Å². The maximum atomic E-state index is 3.87. The number of rotatable bonds is 4. The molecule has 0 spiro atoms. The molecule has 84 valence electrons. The van der Waals surface area contributed by atoms with Crippen molar-refractivity contribution in [3.8, 4) is 0 Å². The Labute approximate surface area is 91.0 Å². The third-order valence-corrected chi connectivity index (χ3v) is 6.30. The molecule has 0 heterocycles. The van der Waals surface area contributed by atoms with Gasteiger partial charge in [0.05, 0.1) is 0 Å². The van der Waals surface area contributed by atoms with Crippen molar-refractivity contribution in [2.24, 2.45) is 0 Å². The molecule has 1 fully saturated rings. The Kier molecular flexibility index (Phi) is 4.52. The molecule has 0 aromatic rings. The van der Waals surface area contributed by atoms with E-state index in [-0.39, 0.29) is 0 Å². The summed E-state index contributed by atoms with van der Waals surface area (Å²) in [6.45, 7) is 3.87. The van der Waals surface area contributed by atoms with Crippen molar-refractivity contribution in [3.05, 3.63) is 12.7 Å². The van der Waals surface area contributed by atoms with Gasteiger partial charge in [-0.3, -0.25) is 4.31 Å². The van der Waals surface area contributed by atoms with Crippen LogP contribution in [0.1, 0.15) is 32.1 Å². The van der Waals surface area contributed by atoms with E-state index >= 15 is 0 Å². The van der Waals surface area contributed by atoms with E-state index in [4.69, 9.17) is 0 Å². The first-order valence-electron chi connectivity index (χ1n) is 5.63. The van der Waals surface area contributed by atoms with Crippen LogP contribution in [0.25, 0.3) is 0 Å². The van der Waals surface area contributed by atoms with Crippen LogP contribution in [0.4, 0.5) is 0 Å². The van der Waals surface area contributed by atoms with Gasteiger partial charge in [-0.25, -0.2) is 0 Å². The first-order valence-corrected chi connectivity index (χ1v) is 8.20. The summed E-state index contributed by atoms with van der Waals surface area (Å²) in [4.78, 5) is 0. The summed E-state index contributed by atoms with van der Waals surface area (Å²) in [6.07, 6.45) is 14.0. The van der Waals surface area contributed by atoms with Gasteiger partial charge in [-0.15, -0.1) is 6.58 Å². The van der Waals surface area contributed by atoms with E-state index in [1.165, 1.54) is 37.9 Å². The van der Waals surface area contributed by atoms with E-state index in [0.717, 1.165) is 6.04 Å². The third-order valence-electron chi connectivity index (χ3n) is 3.39. The number of nitrogens with zero attached hydrogens (tertiary/aromatic N) is 1. The first-order chi connectivity index (χ1) is 6.58. The third kappa shape index (κ3) is 3.03. The summed E-state index contributed by atoms with van der Waals surface area (Å²) in [5, 5.41) is 0. The molecule has 0 N–H and O–H groups in total. The van der Waals surface area contributed by atoms with Gasteiger partial charge >= 0.3 is 0 Å². The van der Waals surface area contributed by atoms with Crippen LogP contribution in [0, 0.1) is 0 Å². The minimum Gasteiger partial charge on any atom is -0.268 e. The zero-order valence-corrected chi connectivity index (χ0v) is 10.8. The Bertz CT molecular complexity index is 183. The second-order valence-corrected chi connectivity index (χ2v) is 8.64. The van der Waals surface area contributed by atoms with Gasteiger partial charge in [-0.2, -0.15) is 10.2 Å². The van der Waals surface area contributed by atoms with E-state index in [0.29, 0.717) is 0 Å². The molecule has 0 aromatic carbocycles. The van der Waals surface area contributed by atoms with E-state index < -0.39 is 10.2 Å². The lowest BCUT2D eigenvalue weighted by molar-refractivity contribution is 0.300. The SMILES string of the molecule is C=CCS(C)(C)N(C)C1CCCCC1. The first kappa shape index (κ1) is 12.1. The molecular weight excluding hydrogens is 190 g/mol. The van der Waals surface area contributed by atoms with Crippen LogP contribution in [-0.2, 0) is 0 Å². The average molecular weight is 215 g/mol. The molecule has 0 aromatic heterocycles. The molecule has 0 radical (unpaired) electrons. The summed E-state index contributed by atoms with van der Waals surface area (Å²) >= 11 is 0. The average Bonchev–Trinajstić information content (AvgIpc) is 2.18. The summed E-state index contributed by atoms with van der Waals surface area (Å²) in [7, 11) is 1.72. The van der Waals surface area contributed by atoms with Gasteiger partial charge in [-0.1, -0.05) is 25.3 Å². The van der Waals surface area contributed by atoms with Crippen molar-refractivity contribution in [3.63, 3.8) is 0 Å². The van der Waals surface area contributed by atoms with Crippen LogP contribution in [0.3, 0.4) is 0 Å². The Hall–Kier alpha value is 0.0500. The van der Waals surface area contributed by atoms with Crippen LogP contribution in [-0.4, -0.2) is 35.7 Å². The molecular formula is C12H25NS. The molecule has 1 saturated carbocycles. The van der Waals surface area contributed by atoms with Crippen LogP contribution in [0.2, 0.25) is 0 Å². The second kappa shape index (κ2) is 5.22. The monoisotopic (exact) mass is 215 g/mol. The lowest BCUT2D eigenvalue weighted by Crippen LogP contribution is -2.36. The molecule has 2 heteroatoms. The molecule has 0 aliphatic heterocycles. The fourth-order valence-corrected chi connectivity index (χ4v) is 4.08. The van der Waals surface area contributed by atoms with Crippen LogP contribution < -0.4 is 0 Å². The van der Waals surface area contributed by atoms with Gasteiger partial charge in [-0.05, 0) is 32.4 Å². The maximum Gasteiger partial charge on any atom is 0.0184 e. The molecule has 1 nitrogen and oxygen atoms in total. The van der Waals surface area contributed by atoms with E-state index in [9.17, 15) is 0 Å². The summed E-state index contributed by atoms with van der Waals surface area (Å²) in [5.41, 5.74) is 0. The minimum absolute atomic E-state index is 0.595. The Morgan fingerprint density at radius 2 is 1.86 bits per heavy atom. The van der Waals surface area contributed by atoms with Gasteiger partial charge in [0.15, 0.2) is 0 Å². The van der Waals surface area contributed by atoms with Crippen LogP contribution in [0.5, 0.6) is 0 Å². The van der Waals surface area contributed by atoms with E-state index in [1.807, 2.05) is 0 Å². The predicted molar refractivity (Wildman–Crippen MR) is 69.1 cm³/mol. The minimum atomic E-state index is -0.595. The Balaban J connectivity index is 2.52. The molecule has 0 atom stereocenters. The van der Waals surface area contributed by atoms with Crippen molar-refractivity contribution in [2.75, 3.05) is 25.3 Å². The molecule has 1 rings (SSSR count). The number of hydrogen-bond donors (Lipinski definition) is 0. The van der Waals surface area contributed by atoms with E-state index in [1.54, 1.807) is 0 Å². The lowest BCUT2D eigenvalue weighted by Gasteiger charge is -2.46. The molecule has 0 bridgehead atoms. The van der Waals surface area contributed by atoms with Crippen molar-refractivity contribution < 1.29 is 0 Å². The Morgan fingerprint density at radius 3 is 2.36 bits per heavy atom. The van der Waals surface area contributed by atoms with Crippen molar-refractivity contribution in [1.82, 2.24) is 4.31 Å². The highest BCUT2D eigenvalue weighted by molar-refractivity contribution is 8.30. The standard InChI is InChI=1S/C12H25NS/c1-5-11-14(3,4)13(2)12-9-7-6-8-10-12/h5,12H,1,6-11H2,2-4H3. The normalized spacial score (nSPS) is 21.1. The van der Waals surface area contributed by atoms with Gasteiger partial charge < -0.3 is 0 Å². The predicted octanol–water partition coefficient (Wildman–Crippen LogP) is 3.42. The lowest BCUT2D eigenvalue weighted by atomic mass is 9.96. The molecule has 0 saturated heterocycles. The molecule has 0 unspecified atom stereocenters. The molecule has 1 aliphatic carbocycles. The largest absolute Gasteiger partial charge is 0.268 e. The van der Waals surface area contributed by atoms with Crippen molar-refractivity contribution in [1.29, 1.82) is 0 Å².